The molecule has 0 spiro atoms. The molecule has 2 N–H and O–H groups in total. The summed E-state index contributed by atoms with van der Waals surface area (Å²) in [5.41, 5.74) is 0.774. The molecule has 0 bridgehead atoms. The molecular formula is C11H11F3N2O2. The maximum absolute atomic E-state index is 12.1. The Balaban J connectivity index is 2.94. The smallest absolute Gasteiger partial charge is 0.326 e. The van der Waals surface area contributed by atoms with Crippen LogP contribution in [0, 0.1) is 6.92 Å². The van der Waals surface area contributed by atoms with Crippen molar-refractivity contribution < 1.29 is 22.8 Å². The summed E-state index contributed by atoms with van der Waals surface area (Å²) in [5.74, 6) is -2.41. The molecule has 0 heterocycles. The normalized spacial score (nSPS) is 10.9. The average molecular weight is 260 g/mol. The Kier molecular flexibility index (Phi) is 3.95. The highest BCUT2D eigenvalue weighted by Crippen LogP contribution is 2.23. The molecule has 98 valence electrons. The largest absolute Gasteiger partial charge is 0.471 e. The van der Waals surface area contributed by atoms with Gasteiger partial charge >= 0.3 is 12.1 Å². The van der Waals surface area contributed by atoms with Gasteiger partial charge in [0.1, 0.15) is 0 Å². The Hall–Kier alpha value is -2.05. The molecule has 0 radical (unpaired) electrons. The minimum atomic E-state index is -4.95. The van der Waals surface area contributed by atoms with Crippen LogP contribution in [0.4, 0.5) is 24.5 Å². The van der Waals surface area contributed by atoms with E-state index in [2.05, 4.69) is 5.32 Å². The molecule has 1 aromatic rings. The number of anilines is 2. The average Bonchev–Trinajstić information content (AvgIpc) is 2.20. The predicted octanol–water partition coefficient (Wildman–Crippen LogP) is 2.45. The van der Waals surface area contributed by atoms with Crippen LogP contribution < -0.4 is 10.6 Å². The van der Waals surface area contributed by atoms with E-state index in [0.717, 1.165) is 0 Å². The van der Waals surface area contributed by atoms with Crippen LogP contribution in [0.15, 0.2) is 18.2 Å². The second-order valence-electron chi connectivity index (χ2n) is 3.66. The summed E-state index contributed by atoms with van der Waals surface area (Å²) in [6, 6.07) is 4.29. The third-order valence-electron chi connectivity index (χ3n) is 2.06. The molecule has 0 fully saturated rings. The molecule has 1 rings (SSSR count). The predicted molar refractivity (Wildman–Crippen MR) is 60.2 cm³/mol. The minimum absolute atomic E-state index is 0.00331. The maximum atomic E-state index is 12.1. The lowest BCUT2D eigenvalue weighted by atomic mass is 10.1. The fourth-order valence-electron chi connectivity index (χ4n) is 1.23. The molecule has 0 aliphatic heterocycles. The zero-order valence-electron chi connectivity index (χ0n) is 9.68. The third kappa shape index (κ3) is 3.76. The van der Waals surface area contributed by atoms with Crippen LogP contribution in [0.1, 0.15) is 12.5 Å². The highest BCUT2D eigenvalue weighted by Gasteiger charge is 2.38. The van der Waals surface area contributed by atoms with Gasteiger partial charge < -0.3 is 10.6 Å². The Bertz CT molecular complexity index is 484. The molecule has 0 atom stereocenters. The number of aryl methyl sites for hydroxylation is 1. The molecule has 4 nitrogen and oxygen atoms in total. The molecule has 0 saturated heterocycles. The van der Waals surface area contributed by atoms with Gasteiger partial charge in [-0.15, -0.1) is 0 Å². The van der Waals surface area contributed by atoms with E-state index in [0.29, 0.717) is 11.3 Å². The van der Waals surface area contributed by atoms with Crippen LogP contribution in [0.3, 0.4) is 0 Å². The zero-order chi connectivity index (χ0) is 13.9. The van der Waals surface area contributed by atoms with Gasteiger partial charge in [0.15, 0.2) is 0 Å². The third-order valence-corrected chi connectivity index (χ3v) is 2.06. The number of hydrogen-bond donors (Lipinski definition) is 2. The van der Waals surface area contributed by atoms with E-state index in [1.165, 1.54) is 25.1 Å². The number of nitrogens with one attached hydrogen (secondary N) is 2. The van der Waals surface area contributed by atoms with E-state index in [4.69, 9.17) is 0 Å². The number of alkyl halides is 3. The lowest BCUT2D eigenvalue weighted by Gasteiger charge is -2.12. The zero-order valence-corrected chi connectivity index (χ0v) is 9.68. The van der Waals surface area contributed by atoms with E-state index in [1.807, 2.05) is 0 Å². The SMILES string of the molecule is CC(=O)Nc1ccc(C)c(NC(=O)C(F)(F)F)c1. The molecule has 0 unspecified atom stereocenters. The summed E-state index contributed by atoms with van der Waals surface area (Å²) in [5, 5.41) is 4.16. The highest BCUT2D eigenvalue weighted by atomic mass is 19.4. The van der Waals surface area contributed by atoms with E-state index < -0.39 is 12.1 Å². The molecule has 0 aliphatic carbocycles. The molecule has 0 aromatic heterocycles. The molecule has 0 saturated carbocycles. The summed E-state index contributed by atoms with van der Waals surface area (Å²) in [6.45, 7) is 2.82. The lowest BCUT2D eigenvalue weighted by molar-refractivity contribution is -0.167. The van der Waals surface area contributed by atoms with Crippen LogP contribution in [0.2, 0.25) is 0 Å². The molecule has 1 aromatic carbocycles. The van der Waals surface area contributed by atoms with Gasteiger partial charge in [0.25, 0.3) is 0 Å². The number of carbonyl (C=O) groups is 2. The van der Waals surface area contributed by atoms with Gasteiger partial charge in [0.05, 0.1) is 0 Å². The number of carbonyl (C=O) groups excluding carboxylic acids is 2. The Morgan fingerprint density at radius 2 is 1.78 bits per heavy atom. The van der Waals surface area contributed by atoms with E-state index in [9.17, 15) is 22.8 Å². The van der Waals surface area contributed by atoms with E-state index in [1.54, 1.807) is 12.2 Å². The van der Waals surface area contributed by atoms with E-state index in [-0.39, 0.29) is 11.6 Å². The van der Waals surface area contributed by atoms with Gasteiger partial charge in [-0.1, -0.05) is 6.07 Å². The van der Waals surface area contributed by atoms with Crippen LogP contribution in [0.5, 0.6) is 0 Å². The van der Waals surface area contributed by atoms with Crippen LogP contribution >= 0.6 is 0 Å². The fraction of sp³-hybridized carbons (Fsp3) is 0.273. The summed E-state index contributed by atoms with van der Waals surface area (Å²) in [4.78, 5) is 21.6. The van der Waals surface area contributed by atoms with Gasteiger partial charge in [0, 0.05) is 18.3 Å². The van der Waals surface area contributed by atoms with Gasteiger partial charge in [-0.25, -0.2) is 0 Å². The Labute approximate surface area is 101 Å². The summed E-state index contributed by atoms with van der Waals surface area (Å²) >= 11 is 0. The molecule has 7 heteroatoms. The van der Waals surface area contributed by atoms with Crippen LogP contribution in [0.25, 0.3) is 0 Å². The highest BCUT2D eigenvalue weighted by molar-refractivity contribution is 5.97. The number of amides is 2. The van der Waals surface area contributed by atoms with Gasteiger partial charge in [-0.2, -0.15) is 13.2 Å². The minimum Gasteiger partial charge on any atom is -0.326 e. The second kappa shape index (κ2) is 5.07. The Morgan fingerprint density at radius 3 is 2.28 bits per heavy atom. The maximum Gasteiger partial charge on any atom is 0.471 e. The monoisotopic (exact) mass is 260 g/mol. The first kappa shape index (κ1) is 14.0. The van der Waals surface area contributed by atoms with Crippen molar-refractivity contribution >= 4 is 23.2 Å². The Morgan fingerprint density at radius 1 is 1.17 bits per heavy atom. The van der Waals surface area contributed by atoms with Crippen molar-refractivity contribution in [2.75, 3.05) is 10.6 Å². The van der Waals surface area contributed by atoms with Crippen molar-refractivity contribution in [2.45, 2.75) is 20.0 Å². The van der Waals surface area contributed by atoms with Crippen molar-refractivity contribution in [3.63, 3.8) is 0 Å². The first-order valence-electron chi connectivity index (χ1n) is 4.96. The lowest BCUT2D eigenvalue weighted by Crippen LogP contribution is -2.30. The van der Waals surface area contributed by atoms with Crippen molar-refractivity contribution in [3.8, 4) is 0 Å². The number of hydrogen-bond acceptors (Lipinski definition) is 2. The van der Waals surface area contributed by atoms with Crippen molar-refractivity contribution in [2.24, 2.45) is 0 Å². The standard InChI is InChI=1S/C11H11F3N2O2/c1-6-3-4-8(15-7(2)17)5-9(6)16-10(18)11(12,13)14/h3-5H,1-2H3,(H,15,17)(H,16,18). The summed E-state index contributed by atoms with van der Waals surface area (Å²) < 4.78 is 36.3. The fourth-order valence-corrected chi connectivity index (χ4v) is 1.23. The van der Waals surface area contributed by atoms with Crippen LogP contribution in [-0.4, -0.2) is 18.0 Å². The first-order valence-corrected chi connectivity index (χ1v) is 4.96. The summed E-state index contributed by atoms with van der Waals surface area (Å²) in [7, 11) is 0. The van der Waals surface area contributed by atoms with Crippen molar-refractivity contribution in [1.82, 2.24) is 0 Å². The van der Waals surface area contributed by atoms with Gasteiger partial charge in [0.2, 0.25) is 5.91 Å². The topological polar surface area (TPSA) is 58.2 Å². The molecule has 18 heavy (non-hydrogen) atoms. The van der Waals surface area contributed by atoms with Gasteiger partial charge in [-0.05, 0) is 24.6 Å². The van der Waals surface area contributed by atoms with Crippen LogP contribution in [-0.2, 0) is 9.59 Å². The number of benzene rings is 1. The van der Waals surface area contributed by atoms with E-state index >= 15 is 0 Å². The molecule has 2 amide bonds. The number of halogens is 3. The molecular weight excluding hydrogens is 249 g/mol. The van der Waals surface area contributed by atoms with Crippen molar-refractivity contribution in [3.05, 3.63) is 23.8 Å². The summed E-state index contributed by atoms with van der Waals surface area (Å²) in [6.07, 6.45) is -4.95. The first-order chi connectivity index (χ1) is 8.20. The molecule has 0 aliphatic rings. The van der Waals surface area contributed by atoms with Gasteiger partial charge in [-0.3, -0.25) is 9.59 Å². The van der Waals surface area contributed by atoms with Crippen molar-refractivity contribution in [1.29, 1.82) is 0 Å². The second-order valence-corrected chi connectivity index (χ2v) is 3.66. The quantitative estimate of drug-likeness (QED) is 0.858. The number of rotatable bonds is 2.